The number of rotatable bonds is 6. The van der Waals surface area contributed by atoms with Gasteiger partial charge in [-0.2, -0.15) is 4.36 Å². The molecule has 2 N–H and O–H groups in total. The lowest BCUT2D eigenvalue weighted by Crippen LogP contribution is -2.34. The summed E-state index contributed by atoms with van der Waals surface area (Å²) < 4.78 is 54.3. The maximum atomic E-state index is 15.2. The fourth-order valence-corrected chi connectivity index (χ4v) is 5.93. The molecule has 6 rings (SSSR count). The molecule has 11 heteroatoms. The average molecular weight is 556 g/mol. The molecule has 0 radical (unpaired) electrons. The smallest absolute Gasteiger partial charge is 0.193 e. The van der Waals surface area contributed by atoms with E-state index in [0.29, 0.717) is 47.1 Å². The van der Waals surface area contributed by atoms with Crippen molar-refractivity contribution in [2.75, 3.05) is 32.8 Å². The van der Waals surface area contributed by atoms with Gasteiger partial charge in [0.2, 0.25) is 0 Å². The molecule has 4 heterocycles. The van der Waals surface area contributed by atoms with Crippen molar-refractivity contribution < 1.29 is 32.7 Å². The van der Waals surface area contributed by atoms with Crippen molar-refractivity contribution >= 4 is 32.0 Å². The lowest BCUT2D eigenvalue weighted by Gasteiger charge is -2.18. The second kappa shape index (κ2) is 10.1. The maximum absolute atomic E-state index is 15.2. The molecule has 1 aliphatic carbocycles. The van der Waals surface area contributed by atoms with Crippen molar-refractivity contribution in [2.24, 2.45) is 4.36 Å². The van der Waals surface area contributed by atoms with Gasteiger partial charge in [-0.25, -0.2) is 13.6 Å². The Morgan fingerprint density at radius 3 is 2.74 bits per heavy atom. The van der Waals surface area contributed by atoms with Gasteiger partial charge >= 0.3 is 0 Å². The molecule has 3 aromatic rings. The van der Waals surface area contributed by atoms with Crippen LogP contribution in [0.15, 0.2) is 52.9 Å². The summed E-state index contributed by atoms with van der Waals surface area (Å²) in [5.74, 6) is 0.426. The standard InChI is InChI=1S/C28H30FN3O6S/c1-35-23-10-17(32-39(2,3)34)8-9-18(23)15-4-6-16(7-5-15)26-19(29)11-20-21(31-26)12-25(30-20)38-24-14-37-27-22(33)13-36-28(24)27/h4-6,8-12,16,22,24,27-28,30,33H,7,13-14H2,1-3H3/t16?,22-,24-,27-,28?/m1/s1. The summed E-state index contributed by atoms with van der Waals surface area (Å²) in [4.78, 5) is 7.69. The first-order chi connectivity index (χ1) is 18.7. The van der Waals surface area contributed by atoms with E-state index in [-0.39, 0.29) is 24.7 Å². The maximum Gasteiger partial charge on any atom is 0.193 e. The molecule has 5 atom stereocenters. The topological polar surface area (TPSA) is 115 Å². The SMILES string of the molecule is COc1cc(N=S(C)(C)=O)ccc1C1=CCC(c2nc3cc(O[C@@H]4CO[C@H]5C4OC[C@H]5O)[nH]c3cc2F)C=C1. The number of aliphatic hydroxyl groups is 1. The van der Waals surface area contributed by atoms with Crippen LogP contribution in [-0.2, 0) is 19.2 Å². The predicted molar refractivity (Wildman–Crippen MR) is 146 cm³/mol. The number of aromatic amines is 1. The van der Waals surface area contributed by atoms with E-state index < -0.39 is 27.8 Å². The minimum atomic E-state index is -2.29. The van der Waals surface area contributed by atoms with Crippen LogP contribution >= 0.6 is 0 Å². The predicted octanol–water partition coefficient (Wildman–Crippen LogP) is 4.10. The van der Waals surface area contributed by atoms with E-state index in [1.807, 2.05) is 30.4 Å². The third kappa shape index (κ3) is 5.19. The van der Waals surface area contributed by atoms with E-state index in [2.05, 4.69) is 14.3 Å². The minimum Gasteiger partial charge on any atom is -0.496 e. The van der Waals surface area contributed by atoms with Crippen LogP contribution in [0.5, 0.6) is 11.6 Å². The van der Waals surface area contributed by atoms with Gasteiger partial charge < -0.3 is 29.0 Å². The molecule has 39 heavy (non-hydrogen) atoms. The molecule has 0 saturated carbocycles. The van der Waals surface area contributed by atoms with Crippen LogP contribution in [0.1, 0.15) is 23.6 Å². The first kappa shape index (κ1) is 26.0. The number of ether oxygens (including phenoxy) is 4. The van der Waals surface area contributed by atoms with E-state index in [9.17, 15) is 9.32 Å². The highest BCUT2D eigenvalue weighted by atomic mass is 32.2. The second-order valence-corrected chi connectivity index (χ2v) is 12.8. The zero-order chi connectivity index (χ0) is 27.3. The molecule has 2 aromatic heterocycles. The number of methoxy groups -OCH3 is 1. The minimum absolute atomic E-state index is 0.220. The Morgan fingerprint density at radius 2 is 2.00 bits per heavy atom. The highest BCUT2D eigenvalue weighted by Gasteiger charge is 2.48. The summed E-state index contributed by atoms with van der Waals surface area (Å²) in [5.41, 5.74) is 3.89. The Hall–Kier alpha value is -3.25. The number of H-pyrrole nitrogens is 1. The molecule has 0 spiro atoms. The third-order valence-electron chi connectivity index (χ3n) is 7.09. The molecule has 2 unspecified atom stereocenters. The zero-order valence-corrected chi connectivity index (χ0v) is 22.6. The van der Waals surface area contributed by atoms with Crippen LogP contribution < -0.4 is 9.47 Å². The number of aliphatic hydroxyl groups excluding tert-OH is 1. The summed E-state index contributed by atoms with van der Waals surface area (Å²) in [5, 5.41) is 9.94. The van der Waals surface area contributed by atoms with Crippen LogP contribution in [0.25, 0.3) is 16.6 Å². The van der Waals surface area contributed by atoms with Crippen molar-refractivity contribution in [3.05, 3.63) is 65.6 Å². The molecular weight excluding hydrogens is 525 g/mol. The Labute approximate surface area is 225 Å². The lowest BCUT2D eigenvalue weighted by atomic mass is 9.90. The first-order valence-corrected chi connectivity index (χ1v) is 15.0. The van der Waals surface area contributed by atoms with E-state index in [1.54, 1.807) is 31.8 Å². The Balaban J connectivity index is 1.20. The molecule has 0 bridgehead atoms. The summed E-state index contributed by atoms with van der Waals surface area (Å²) in [6.07, 6.45) is 7.88. The second-order valence-electron chi connectivity index (χ2n) is 10.3. The Bertz CT molecular complexity index is 1600. The molecule has 0 amide bonds. The van der Waals surface area contributed by atoms with Crippen LogP contribution in [0.2, 0.25) is 0 Å². The van der Waals surface area contributed by atoms with Gasteiger partial charge in [0, 0.05) is 51.9 Å². The number of halogens is 1. The van der Waals surface area contributed by atoms with Crippen molar-refractivity contribution in [3.63, 3.8) is 0 Å². The van der Waals surface area contributed by atoms with Gasteiger partial charge in [-0.15, -0.1) is 0 Å². The molecule has 1 aromatic carbocycles. The van der Waals surface area contributed by atoms with E-state index >= 15 is 4.39 Å². The number of benzene rings is 1. The monoisotopic (exact) mass is 555 g/mol. The van der Waals surface area contributed by atoms with Crippen molar-refractivity contribution in [3.8, 4) is 11.6 Å². The van der Waals surface area contributed by atoms with Gasteiger partial charge in [0.1, 0.15) is 29.9 Å². The first-order valence-electron chi connectivity index (χ1n) is 12.7. The van der Waals surface area contributed by atoms with Gasteiger partial charge in [0.05, 0.1) is 42.7 Å². The quantitative estimate of drug-likeness (QED) is 0.471. The zero-order valence-electron chi connectivity index (χ0n) is 21.8. The largest absolute Gasteiger partial charge is 0.496 e. The summed E-state index contributed by atoms with van der Waals surface area (Å²) in [6, 6.07) is 8.65. The highest BCUT2D eigenvalue weighted by Crippen LogP contribution is 2.37. The fourth-order valence-electron chi connectivity index (χ4n) is 5.30. The normalized spacial score (nSPS) is 26.5. The van der Waals surface area contributed by atoms with E-state index in [4.69, 9.17) is 18.9 Å². The summed E-state index contributed by atoms with van der Waals surface area (Å²) >= 11 is 0. The van der Waals surface area contributed by atoms with Crippen LogP contribution in [0.3, 0.4) is 0 Å². The number of pyridine rings is 1. The van der Waals surface area contributed by atoms with Crippen molar-refractivity contribution in [1.29, 1.82) is 0 Å². The summed E-state index contributed by atoms with van der Waals surface area (Å²) in [7, 11) is -0.707. The fraction of sp³-hybridized carbons (Fsp3) is 0.393. The van der Waals surface area contributed by atoms with Gasteiger partial charge in [0.25, 0.3) is 0 Å². The van der Waals surface area contributed by atoms with Crippen molar-refractivity contribution in [1.82, 2.24) is 9.97 Å². The van der Waals surface area contributed by atoms with Gasteiger partial charge in [-0.3, -0.25) is 0 Å². The number of nitrogens with zero attached hydrogens (tertiary/aromatic N) is 2. The molecule has 3 aliphatic rings. The van der Waals surface area contributed by atoms with Crippen LogP contribution in [-0.4, -0.2) is 76.5 Å². The molecule has 2 aliphatic heterocycles. The number of aromatic nitrogens is 2. The van der Waals surface area contributed by atoms with Crippen LogP contribution in [0, 0.1) is 5.82 Å². The van der Waals surface area contributed by atoms with Crippen molar-refractivity contribution in [2.45, 2.75) is 36.8 Å². The van der Waals surface area contributed by atoms with E-state index in [1.165, 1.54) is 6.07 Å². The molecular formula is C28H30FN3O6S. The molecule has 206 valence electrons. The van der Waals surface area contributed by atoms with Gasteiger partial charge in [-0.05, 0) is 24.1 Å². The lowest BCUT2D eigenvalue weighted by molar-refractivity contribution is 0.00794. The molecule has 2 fully saturated rings. The number of fused-ring (bicyclic) bond motifs is 2. The summed E-state index contributed by atoms with van der Waals surface area (Å²) in [6.45, 7) is 0.522. The molecule has 9 nitrogen and oxygen atoms in total. The highest BCUT2D eigenvalue weighted by molar-refractivity contribution is 7.92. The number of allylic oxidation sites excluding steroid dienone is 4. The number of hydrogen-bond acceptors (Lipinski definition) is 8. The Morgan fingerprint density at radius 1 is 1.18 bits per heavy atom. The van der Waals surface area contributed by atoms with Gasteiger partial charge in [-0.1, -0.05) is 18.2 Å². The van der Waals surface area contributed by atoms with Crippen LogP contribution in [0.4, 0.5) is 10.1 Å². The Kier molecular flexibility index (Phi) is 6.70. The van der Waals surface area contributed by atoms with Gasteiger partial charge in [0.15, 0.2) is 12.0 Å². The van der Waals surface area contributed by atoms with E-state index in [0.717, 1.165) is 11.1 Å². The average Bonchev–Trinajstić information content (AvgIpc) is 3.59. The number of hydrogen-bond donors (Lipinski definition) is 2. The number of nitrogens with one attached hydrogen (secondary N) is 1. The third-order valence-corrected chi connectivity index (χ3v) is 7.74. The molecule has 2 saturated heterocycles.